The van der Waals surface area contributed by atoms with Crippen molar-refractivity contribution < 1.29 is 0 Å². The van der Waals surface area contributed by atoms with Crippen LogP contribution in [0.5, 0.6) is 0 Å². The first-order chi connectivity index (χ1) is 16.3. The summed E-state index contributed by atoms with van der Waals surface area (Å²) in [6, 6.07) is 20.1. The molecule has 0 nitrogen and oxygen atoms in total. The standard InChI is InChI=1S/C34H44/c1-8-13-25(5)32-20-26(6)27(7)21-33(34(32)24(3)4)31(9-2)23-30-18-16-29(17-19-30)22-28-14-11-10-12-15-28/h10-12,14-20,26-27,31H,3,5,8-9,13,21-23H2,1-2,4,6-7H3/t26?,27?,31-/m0/s1. The van der Waals surface area contributed by atoms with Gasteiger partial charge in [0.25, 0.3) is 0 Å². The Morgan fingerprint density at radius 1 is 0.912 bits per heavy atom. The molecule has 0 bridgehead atoms. The second-order valence-corrected chi connectivity index (χ2v) is 10.4. The lowest BCUT2D eigenvalue weighted by Gasteiger charge is -2.26. The summed E-state index contributed by atoms with van der Waals surface area (Å²) in [5, 5.41) is 0. The van der Waals surface area contributed by atoms with Crippen LogP contribution in [0.3, 0.4) is 0 Å². The fraction of sp³-hybridized carbons (Fsp3) is 0.412. The molecule has 2 aromatic carbocycles. The highest BCUT2D eigenvalue weighted by molar-refractivity contribution is 5.58. The van der Waals surface area contributed by atoms with Gasteiger partial charge in [-0.2, -0.15) is 0 Å². The van der Waals surface area contributed by atoms with Gasteiger partial charge in [-0.3, -0.25) is 0 Å². The number of benzene rings is 2. The zero-order valence-electron chi connectivity index (χ0n) is 22.2. The first kappa shape index (κ1) is 26.0. The largest absolute Gasteiger partial charge is 0.0955 e. The van der Waals surface area contributed by atoms with E-state index in [-0.39, 0.29) is 0 Å². The van der Waals surface area contributed by atoms with Gasteiger partial charge in [-0.25, -0.2) is 0 Å². The second kappa shape index (κ2) is 12.2. The average Bonchev–Trinajstić information content (AvgIpc) is 2.95. The molecule has 1 aliphatic carbocycles. The van der Waals surface area contributed by atoms with Crippen LogP contribution in [0, 0.1) is 17.8 Å². The highest BCUT2D eigenvalue weighted by Crippen LogP contribution is 2.42. The van der Waals surface area contributed by atoms with Gasteiger partial charge >= 0.3 is 0 Å². The third-order valence-electron chi connectivity index (χ3n) is 7.56. The van der Waals surface area contributed by atoms with E-state index < -0.39 is 0 Å². The Bertz CT molecular complexity index is 1030. The summed E-state index contributed by atoms with van der Waals surface area (Å²) in [6.07, 6.45) is 9.04. The van der Waals surface area contributed by atoms with Crippen molar-refractivity contribution in [2.45, 2.75) is 73.1 Å². The first-order valence-corrected chi connectivity index (χ1v) is 13.2. The zero-order chi connectivity index (χ0) is 24.7. The highest BCUT2D eigenvalue weighted by atomic mass is 14.3. The van der Waals surface area contributed by atoms with Crippen molar-refractivity contribution >= 4 is 0 Å². The summed E-state index contributed by atoms with van der Waals surface area (Å²) >= 11 is 0. The molecule has 0 heterocycles. The molecule has 0 N–H and O–H groups in total. The quantitative estimate of drug-likeness (QED) is 0.336. The van der Waals surface area contributed by atoms with Gasteiger partial charge in [0.05, 0.1) is 0 Å². The molecule has 3 atom stereocenters. The van der Waals surface area contributed by atoms with Gasteiger partial charge in [0.1, 0.15) is 0 Å². The van der Waals surface area contributed by atoms with E-state index in [4.69, 9.17) is 0 Å². The molecule has 180 valence electrons. The molecule has 3 rings (SSSR count). The van der Waals surface area contributed by atoms with Crippen molar-refractivity contribution in [1.29, 1.82) is 0 Å². The van der Waals surface area contributed by atoms with Gasteiger partial charge in [-0.1, -0.05) is 119 Å². The molecule has 0 saturated heterocycles. The van der Waals surface area contributed by atoms with E-state index in [0.29, 0.717) is 17.8 Å². The van der Waals surface area contributed by atoms with Gasteiger partial charge in [-0.05, 0) is 90.2 Å². The smallest absolute Gasteiger partial charge is 0.00258 e. The predicted octanol–water partition coefficient (Wildman–Crippen LogP) is 9.68. The number of rotatable bonds is 10. The summed E-state index contributed by atoms with van der Waals surface area (Å²) in [5.74, 6) is 1.70. The van der Waals surface area contributed by atoms with Crippen molar-refractivity contribution in [3.05, 3.63) is 118 Å². The number of hydrogen-bond donors (Lipinski definition) is 0. The normalized spacial score (nSPS) is 19.4. The molecule has 0 amide bonds. The maximum Gasteiger partial charge on any atom is -0.00258 e. The van der Waals surface area contributed by atoms with Crippen LogP contribution in [0.4, 0.5) is 0 Å². The second-order valence-electron chi connectivity index (χ2n) is 10.4. The monoisotopic (exact) mass is 452 g/mol. The van der Waals surface area contributed by atoms with Crippen LogP contribution in [0.25, 0.3) is 0 Å². The molecule has 0 saturated carbocycles. The molecule has 0 radical (unpaired) electrons. The van der Waals surface area contributed by atoms with Crippen LogP contribution in [-0.2, 0) is 12.8 Å². The zero-order valence-corrected chi connectivity index (χ0v) is 22.2. The van der Waals surface area contributed by atoms with Crippen molar-refractivity contribution in [3.63, 3.8) is 0 Å². The Hall–Kier alpha value is -2.60. The topological polar surface area (TPSA) is 0 Å². The Balaban J connectivity index is 1.90. The minimum absolute atomic E-state index is 0.525. The maximum absolute atomic E-state index is 4.51. The first-order valence-electron chi connectivity index (χ1n) is 13.2. The van der Waals surface area contributed by atoms with Gasteiger partial charge in [0, 0.05) is 0 Å². The fourth-order valence-electron chi connectivity index (χ4n) is 5.35. The van der Waals surface area contributed by atoms with E-state index in [1.165, 1.54) is 39.0 Å². The van der Waals surface area contributed by atoms with Crippen molar-refractivity contribution in [3.8, 4) is 0 Å². The molecule has 0 spiro atoms. The maximum atomic E-state index is 4.51. The minimum atomic E-state index is 0.525. The predicted molar refractivity (Wildman–Crippen MR) is 150 cm³/mol. The molecule has 2 aromatic rings. The van der Waals surface area contributed by atoms with Gasteiger partial charge in [0.15, 0.2) is 0 Å². The Labute approximate surface area is 209 Å². The molecular formula is C34H44. The van der Waals surface area contributed by atoms with E-state index in [0.717, 1.165) is 38.5 Å². The van der Waals surface area contributed by atoms with Crippen LogP contribution < -0.4 is 0 Å². The molecular weight excluding hydrogens is 408 g/mol. The summed E-state index contributed by atoms with van der Waals surface area (Å²) in [6.45, 7) is 20.5. The lowest BCUT2D eigenvalue weighted by atomic mass is 9.78. The van der Waals surface area contributed by atoms with Crippen molar-refractivity contribution in [2.75, 3.05) is 0 Å². The summed E-state index contributed by atoms with van der Waals surface area (Å²) < 4.78 is 0. The van der Waals surface area contributed by atoms with E-state index in [9.17, 15) is 0 Å². The van der Waals surface area contributed by atoms with E-state index in [1.54, 1.807) is 5.57 Å². The molecule has 0 aliphatic heterocycles. The fourth-order valence-corrected chi connectivity index (χ4v) is 5.35. The van der Waals surface area contributed by atoms with Gasteiger partial charge in [-0.15, -0.1) is 0 Å². The van der Waals surface area contributed by atoms with Crippen molar-refractivity contribution in [2.24, 2.45) is 17.8 Å². The van der Waals surface area contributed by atoms with Gasteiger partial charge < -0.3 is 0 Å². The van der Waals surface area contributed by atoms with E-state index >= 15 is 0 Å². The molecule has 34 heavy (non-hydrogen) atoms. The molecule has 0 fully saturated rings. The van der Waals surface area contributed by atoms with E-state index in [1.807, 2.05) is 0 Å². The lowest BCUT2D eigenvalue weighted by molar-refractivity contribution is 0.429. The van der Waals surface area contributed by atoms with Crippen LogP contribution in [0.15, 0.2) is 102 Å². The molecule has 0 heteroatoms. The van der Waals surface area contributed by atoms with E-state index in [2.05, 4.69) is 108 Å². The van der Waals surface area contributed by atoms with Gasteiger partial charge in [0.2, 0.25) is 0 Å². The Morgan fingerprint density at radius 3 is 2.12 bits per heavy atom. The summed E-state index contributed by atoms with van der Waals surface area (Å²) in [4.78, 5) is 0. The Morgan fingerprint density at radius 2 is 1.53 bits per heavy atom. The lowest BCUT2D eigenvalue weighted by Crippen LogP contribution is -2.14. The third kappa shape index (κ3) is 6.50. The summed E-state index contributed by atoms with van der Waals surface area (Å²) in [5.41, 5.74) is 11.0. The molecule has 2 unspecified atom stereocenters. The summed E-state index contributed by atoms with van der Waals surface area (Å²) in [7, 11) is 0. The molecule has 0 aromatic heterocycles. The number of allylic oxidation sites excluding steroid dienone is 6. The van der Waals surface area contributed by atoms with Crippen molar-refractivity contribution in [1.82, 2.24) is 0 Å². The van der Waals surface area contributed by atoms with Crippen LogP contribution >= 0.6 is 0 Å². The average molecular weight is 453 g/mol. The number of hydrogen-bond acceptors (Lipinski definition) is 0. The minimum Gasteiger partial charge on any atom is -0.0955 e. The Kier molecular flexibility index (Phi) is 9.34. The van der Waals surface area contributed by atoms with Crippen LogP contribution in [0.1, 0.15) is 77.0 Å². The third-order valence-corrected chi connectivity index (χ3v) is 7.56. The highest BCUT2D eigenvalue weighted by Gasteiger charge is 2.28. The van der Waals surface area contributed by atoms with Crippen LogP contribution in [0.2, 0.25) is 0 Å². The SMILES string of the molecule is C=C(C)C1=C([C@@H](CC)Cc2ccc(Cc3ccccc3)cc2)CC(C)C(C)C=C1C(=C)CCC. The van der Waals surface area contributed by atoms with Crippen LogP contribution in [-0.4, -0.2) is 0 Å². The molecule has 1 aliphatic rings.